The number of carboxylic acids is 1. The van der Waals surface area contributed by atoms with Crippen molar-refractivity contribution in [2.45, 2.75) is 32.8 Å². The number of ether oxygens (including phenoxy) is 1. The molecule has 1 aromatic carbocycles. The molecule has 0 atom stereocenters. The van der Waals surface area contributed by atoms with Crippen LogP contribution >= 0.6 is 0 Å². The standard InChI is InChI=1S/C14H21NO3/c1-11(2)18-13-8-6-12(7-9-13)15(3)10-4-5-14(16)17/h6-9,11H,4-5,10H2,1-3H3,(H,16,17). The van der Waals surface area contributed by atoms with Gasteiger partial charge in [-0.3, -0.25) is 4.79 Å². The fourth-order valence-corrected chi connectivity index (χ4v) is 1.65. The lowest BCUT2D eigenvalue weighted by Gasteiger charge is -2.19. The summed E-state index contributed by atoms with van der Waals surface area (Å²) in [4.78, 5) is 12.5. The molecule has 100 valence electrons. The Morgan fingerprint density at radius 1 is 1.33 bits per heavy atom. The molecular weight excluding hydrogens is 230 g/mol. The summed E-state index contributed by atoms with van der Waals surface area (Å²) in [5.74, 6) is 0.108. The van der Waals surface area contributed by atoms with Crippen LogP contribution in [0, 0.1) is 0 Å². The van der Waals surface area contributed by atoms with E-state index in [2.05, 4.69) is 0 Å². The Morgan fingerprint density at radius 3 is 2.44 bits per heavy atom. The Bertz CT molecular complexity index is 373. The number of carboxylic acid groups (broad SMARTS) is 1. The zero-order valence-electron chi connectivity index (χ0n) is 11.2. The van der Waals surface area contributed by atoms with Crippen molar-refractivity contribution in [2.75, 3.05) is 18.5 Å². The number of benzene rings is 1. The number of anilines is 1. The second-order valence-corrected chi connectivity index (χ2v) is 4.58. The highest BCUT2D eigenvalue weighted by molar-refractivity contribution is 5.66. The van der Waals surface area contributed by atoms with Crippen molar-refractivity contribution in [3.63, 3.8) is 0 Å². The van der Waals surface area contributed by atoms with Gasteiger partial charge in [-0.2, -0.15) is 0 Å². The summed E-state index contributed by atoms with van der Waals surface area (Å²) < 4.78 is 5.57. The molecule has 0 amide bonds. The van der Waals surface area contributed by atoms with Crippen LogP contribution in [0.15, 0.2) is 24.3 Å². The molecule has 0 bridgehead atoms. The van der Waals surface area contributed by atoms with Gasteiger partial charge in [-0.15, -0.1) is 0 Å². The minimum atomic E-state index is -0.746. The maximum Gasteiger partial charge on any atom is 0.303 e. The average molecular weight is 251 g/mol. The molecule has 1 aromatic rings. The molecule has 0 unspecified atom stereocenters. The Kier molecular flexibility index (Phi) is 5.49. The van der Waals surface area contributed by atoms with Gasteiger partial charge in [0.05, 0.1) is 6.10 Å². The van der Waals surface area contributed by atoms with E-state index in [1.165, 1.54) is 0 Å². The second-order valence-electron chi connectivity index (χ2n) is 4.58. The van der Waals surface area contributed by atoms with Crippen LogP contribution in [0.25, 0.3) is 0 Å². The van der Waals surface area contributed by atoms with Crippen LogP contribution in [0.2, 0.25) is 0 Å². The van der Waals surface area contributed by atoms with Gasteiger partial charge in [0, 0.05) is 25.7 Å². The largest absolute Gasteiger partial charge is 0.491 e. The minimum absolute atomic E-state index is 0.171. The van der Waals surface area contributed by atoms with E-state index in [1.54, 1.807) is 0 Å². The van der Waals surface area contributed by atoms with Crippen LogP contribution in [0.1, 0.15) is 26.7 Å². The van der Waals surface area contributed by atoms with Crippen molar-refractivity contribution in [1.82, 2.24) is 0 Å². The summed E-state index contributed by atoms with van der Waals surface area (Å²) in [6, 6.07) is 7.84. The summed E-state index contributed by atoms with van der Waals surface area (Å²) in [7, 11) is 1.96. The predicted molar refractivity (Wildman–Crippen MR) is 72.3 cm³/mol. The van der Waals surface area contributed by atoms with Gasteiger partial charge in [-0.05, 0) is 44.5 Å². The van der Waals surface area contributed by atoms with Crippen LogP contribution in [0.5, 0.6) is 5.75 Å². The fourth-order valence-electron chi connectivity index (χ4n) is 1.65. The molecule has 0 aliphatic rings. The first-order chi connectivity index (χ1) is 8.49. The van der Waals surface area contributed by atoms with Crippen LogP contribution in [-0.2, 0) is 4.79 Å². The van der Waals surface area contributed by atoms with E-state index in [0.717, 1.165) is 18.0 Å². The number of rotatable bonds is 7. The highest BCUT2D eigenvalue weighted by atomic mass is 16.5. The fraction of sp³-hybridized carbons (Fsp3) is 0.500. The van der Waals surface area contributed by atoms with E-state index >= 15 is 0 Å². The van der Waals surface area contributed by atoms with Crippen molar-refractivity contribution in [3.05, 3.63) is 24.3 Å². The van der Waals surface area contributed by atoms with Crippen molar-refractivity contribution < 1.29 is 14.6 Å². The van der Waals surface area contributed by atoms with E-state index < -0.39 is 5.97 Å². The molecule has 0 fully saturated rings. The molecule has 0 spiro atoms. The lowest BCUT2D eigenvalue weighted by Crippen LogP contribution is -2.19. The quantitative estimate of drug-likeness (QED) is 0.809. The van der Waals surface area contributed by atoms with Gasteiger partial charge in [0.15, 0.2) is 0 Å². The van der Waals surface area contributed by atoms with Crippen LogP contribution in [-0.4, -0.2) is 30.8 Å². The number of carbonyl (C=O) groups is 1. The third kappa shape index (κ3) is 5.08. The molecule has 0 aliphatic heterocycles. The van der Waals surface area contributed by atoms with Gasteiger partial charge in [0.1, 0.15) is 5.75 Å². The molecular formula is C14H21NO3. The molecule has 0 aromatic heterocycles. The van der Waals surface area contributed by atoms with E-state index in [9.17, 15) is 4.79 Å². The molecule has 0 heterocycles. The number of nitrogens with zero attached hydrogens (tertiary/aromatic N) is 1. The number of hydrogen-bond acceptors (Lipinski definition) is 3. The van der Waals surface area contributed by atoms with Gasteiger partial charge in [-0.25, -0.2) is 0 Å². The molecule has 18 heavy (non-hydrogen) atoms. The summed E-state index contributed by atoms with van der Waals surface area (Å²) in [6.07, 6.45) is 1.03. The van der Waals surface area contributed by atoms with E-state index in [4.69, 9.17) is 9.84 Å². The molecule has 1 N–H and O–H groups in total. The highest BCUT2D eigenvalue weighted by Crippen LogP contribution is 2.19. The van der Waals surface area contributed by atoms with E-state index in [-0.39, 0.29) is 12.5 Å². The topological polar surface area (TPSA) is 49.8 Å². The maximum absolute atomic E-state index is 10.4. The Labute approximate surface area is 108 Å². The summed E-state index contributed by atoms with van der Waals surface area (Å²) in [5.41, 5.74) is 1.07. The van der Waals surface area contributed by atoms with E-state index in [1.807, 2.05) is 50.1 Å². The predicted octanol–water partition coefficient (Wildman–Crippen LogP) is 2.77. The third-order valence-electron chi connectivity index (χ3n) is 2.53. The molecule has 0 aliphatic carbocycles. The number of hydrogen-bond donors (Lipinski definition) is 1. The lowest BCUT2D eigenvalue weighted by atomic mass is 10.2. The van der Waals surface area contributed by atoms with Crippen molar-refractivity contribution in [1.29, 1.82) is 0 Å². The van der Waals surface area contributed by atoms with Gasteiger partial charge < -0.3 is 14.7 Å². The molecule has 4 heteroatoms. The lowest BCUT2D eigenvalue weighted by molar-refractivity contribution is -0.137. The molecule has 0 radical (unpaired) electrons. The smallest absolute Gasteiger partial charge is 0.303 e. The summed E-state index contributed by atoms with van der Waals surface area (Å²) >= 11 is 0. The first-order valence-corrected chi connectivity index (χ1v) is 6.18. The van der Waals surface area contributed by atoms with E-state index in [0.29, 0.717) is 6.42 Å². The molecule has 0 saturated heterocycles. The van der Waals surface area contributed by atoms with Crippen molar-refractivity contribution in [3.8, 4) is 5.75 Å². The zero-order chi connectivity index (χ0) is 13.5. The monoisotopic (exact) mass is 251 g/mol. The van der Waals surface area contributed by atoms with Crippen molar-refractivity contribution in [2.24, 2.45) is 0 Å². The Balaban J connectivity index is 2.48. The Morgan fingerprint density at radius 2 is 1.94 bits per heavy atom. The first-order valence-electron chi connectivity index (χ1n) is 6.18. The van der Waals surface area contributed by atoms with Crippen LogP contribution in [0.3, 0.4) is 0 Å². The average Bonchev–Trinajstić information content (AvgIpc) is 2.28. The molecule has 4 nitrogen and oxygen atoms in total. The molecule has 0 saturated carbocycles. The summed E-state index contributed by atoms with van der Waals surface area (Å²) in [5, 5.41) is 8.58. The second kappa shape index (κ2) is 6.89. The van der Waals surface area contributed by atoms with Crippen molar-refractivity contribution >= 4 is 11.7 Å². The number of aliphatic carboxylic acids is 1. The zero-order valence-corrected chi connectivity index (χ0v) is 11.2. The van der Waals surface area contributed by atoms with Gasteiger partial charge >= 0.3 is 5.97 Å². The highest BCUT2D eigenvalue weighted by Gasteiger charge is 2.04. The first kappa shape index (κ1) is 14.4. The third-order valence-corrected chi connectivity index (χ3v) is 2.53. The maximum atomic E-state index is 10.4. The van der Waals surface area contributed by atoms with Gasteiger partial charge in [0.2, 0.25) is 0 Å². The Hall–Kier alpha value is -1.71. The normalized spacial score (nSPS) is 10.4. The summed E-state index contributed by atoms with van der Waals surface area (Å²) in [6.45, 7) is 4.72. The van der Waals surface area contributed by atoms with Gasteiger partial charge in [-0.1, -0.05) is 0 Å². The van der Waals surface area contributed by atoms with Crippen LogP contribution < -0.4 is 9.64 Å². The molecule has 1 rings (SSSR count). The SMILES string of the molecule is CC(C)Oc1ccc(N(C)CCCC(=O)O)cc1. The minimum Gasteiger partial charge on any atom is -0.491 e. The van der Waals surface area contributed by atoms with Crippen LogP contribution in [0.4, 0.5) is 5.69 Å². The van der Waals surface area contributed by atoms with Gasteiger partial charge in [0.25, 0.3) is 0 Å².